The molecule has 1 atom stereocenters. The lowest BCUT2D eigenvalue weighted by Crippen LogP contribution is -2.45. The molecule has 0 heterocycles. The maximum atomic E-state index is 13.6. The van der Waals surface area contributed by atoms with Crippen LogP contribution in [-0.4, -0.2) is 41.3 Å². The zero-order chi connectivity index (χ0) is 16.3. The number of carbonyl (C=O) groups excluding carboxylic acids is 3. The first-order valence-corrected chi connectivity index (χ1v) is 5.93. The predicted octanol–water partition coefficient (Wildman–Crippen LogP) is 2.21. The number of ketones is 2. The molecule has 0 aromatic carbocycles. The van der Waals surface area contributed by atoms with E-state index in [0.29, 0.717) is 7.11 Å². The van der Waals surface area contributed by atoms with Crippen LogP contribution in [0, 0.1) is 5.92 Å². The lowest BCUT2D eigenvalue weighted by molar-refractivity contribution is -0.224. The van der Waals surface area contributed by atoms with E-state index in [-0.39, 0.29) is 0 Å². The fourth-order valence-electron chi connectivity index (χ4n) is 1.26. The van der Waals surface area contributed by atoms with Gasteiger partial charge in [-0.05, 0) is 13.8 Å². The van der Waals surface area contributed by atoms with Crippen LogP contribution in [0.25, 0.3) is 0 Å². The minimum absolute atomic E-state index is 0.523. The molecule has 0 aliphatic rings. The lowest BCUT2D eigenvalue weighted by atomic mass is 10.1. The van der Waals surface area contributed by atoms with Crippen LogP contribution in [0.5, 0.6) is 0 Å². The van der Waals surface area contributed by atoms with E-state index in [4.69, 9.17) is 0 Å². The van der Waals surface area contributed by atoms with Gasteiger partial charge in [0.1, 0.15) is 16.8 Å². The molecule has 0 fully saturated rings. The maximum absolute atomic E-state index is 13.6. The highest BCUT2D eigenvalue weighted by Crippen LogP contribution is 2.47. The van der Waals surface area contributed by atoms with Gasteiger partial charge in [0.15, 0.2) is 0 Å². The summed E-state index contributed by atoms with van der Waals surface area (Å²) in [4.78, 5) is 32.9. The van der Waals surface area contributed by atoms with Crippen molar-refractivity contribution in [2.75, 3.05) is 7.11 Å². The summed E-state index contributed by atoms with van der Waals surface area (Å²) in [5, 5.41) is -6.70. The molecule has 0 saturated carbocycles. The third-order valence-electron chi connectivity index (χ3n) is 2.11. The molecule has 0 aliphatic carbocycles. The summed E-state index contributed by atoms with van der Waals surface area (Å²) in [6.07, 6.45) is -5.58. The fourth-order valence-corrected chi connectivity index (χ4v) is 2.27. The molecule has 0 bridgehead atoms. The van der Waals surface area contributed by atoms with Crippen LogP contribution in [-0.2, 0) is 19.1 Å². The number of methoxy groups -OCH3 is 1. The molecule has 116 valence electrons. The number of esters is 1. The van der Waals surface area contributed by atoms with Gasteiger partial charge < -0.3 is 4.74 Å². The SMILES string of the molecule is COC(=O)C(C(F)(F)F)C(F)(F)SC(C(C)=O)C(C)=O. The molecule has 0 radical (unpaired) electrons. The van der Waals surface area contributed by atoms with Crippen molar-refractivity contribution < 1.29 is 41.1 Å². The smallest absolute Gasteiger partial charge is 0.409 e. The number of rotatable bonds is 6. The Kier molecular flexibility index (Phi) is 6.12. The Morgan fingerprint density at radius 2 is 1.40 bits per heavy atom. The summed E-state index contributed by atoms with van der Waals surface area (Å²) >= 11 is -0.811. The largest absolute Gasteiger partial charge is 0.468 e. The minimum Gasteiger partial charge on any atom is -0.468 e. The number of thioether (sulfide) groups is 1. The number of hydrogen-bond donors (Lipinski definition) is 0. The zero-order valence-electron chi connectivity index (χ0n) is 10.6. The van der Waals surface area contributed by atoms with Gasteiger partial charge in [-0.15, -0.1) is 0 Å². The Hall–Kier alpha value is -1.19. The van der Waals surface area contributed by atoms with Gasteiger partial charge in [0, 0.05) is 0 Å². The summed E-state index contributed by atoms with van der Waals surface area (Å²) < 4.78 is 68.6. The molecule has 0 aromatic heterocycles. The number of alkyl halides is 5. The summed E-state index contributed by atoms with van der Waals surface area (Å²) in [5.41, 5.74) is 0. The Labute approximate surface area is 115 Å². The van der Waals surface area contributed by atoms with Crippen LogP contribution in [0.4, 0.5) is 22.0 Å². The van der Waals surface area contributed by atoms with Gasteiger partial charge >= 0.3 is 17.4 Å². The van der Waals surface area contributed by atoms with E-state index < -0.39 is 51.9 Å². The Morgan fingerprint density at radius 1 is 1.00 bits per heavy atom. The fraction of sp³-hybridized carbons (Fsp3) is 0.700. The first kappa shape index (κ1) is 18.8. The quantitative estimate of drug-likeness (QED) is 0.426. The van der Waals surface area contributed by atoms with Crippen molar-refractivity contribution >= 4 is 29.3 Å². The maximum Gasteiger partial charge on any atom is 0.409 e. The van der Waals surface area contributed by atoms with E-state index in [1.54, 1.807) is 0 Å². The first-order chi connectivity index (χ1) is 8.84. The van der Waals surface area contributed by atoms with Gasteiger partial charge in [-0.25, -0.2) is 0 Å². The van der Waals surface area contributed by atoms with E-state index in [1.807, 2.05) is 0 Å². The number of ether oxygens (including phenoxy) is 1. The van der Waals surface area contributed by atoms with Crippen LogP contribution in [0.2, 0.25) is 0 Å². The van der Waals surface area contributed by atoms with Crippen LogP contribution in [0.3, 0.4) is 0 Å². The highest BCUT2D eigenvalue weighted by molar-refractivity contribution is 8.02. The minimum atomic E-state index is -5.58. The molecule has 1 unspecified atom stereocenters. The molecule has 0 rings (SSSR count). The summed E-state index contributed by atoms with van der Waals surface area (Å²) in [6.45, 7) is 1.58. The summed E-state index contributed by atoms with van der Waals surface area (Å²) in [6, 6.07) is 0. The third-order valence-corrected chi connectivity index (χ3v) is 3.56. The number of Topliss-reactive ketones (excluding diaryl/α,β-unsaturated/α-hetero) is 2. The molecule has 0 aromatic rings. The first-order valence-electron chi connectivity index (χ1n) is 5.05. The van der Waals surface area contributed by atoms with Gasteiger partial charge in [0.25, 0.3) is 0 Å². The van der Waals surface area contributed by atoms with Gasteiger partial charge in [-0.1, -0.05) is 11.8 Å². The van der Waals surface area contributed by atoms with Gasteiger partial charge in [0.05, 0.1) is 7.11 Å². The van der Waals surface area contributed by atoms with Crippen molar-refractivity contribution in [1.29, 1.82) is 0 Å². The topological polar surface area (TPSA) is 60.4 Å². The van der Waals surface area contributed by atoms with Crippen LogP contribution < -0.4 is 0 Å². The average Bonchev–Trinajstić information content (AvgIpc) is 2.22. The zero-order valence-corrected chi connectivity index (χ0v) is 11.4. The second-order valence-corrected chi connectivity index (χ2v) is 5.03. The second-order valence-electron chi connectivity index (χ2n) is 3.78. The molecule has 10 heteroatoms. The summed E-state index contributed by atoms with van der Waals surface area (Å²) in [7, 11) is 0.523. The molecule has 4 nitrogen and oxygen atoms in total. The Bertz CT molecular complexity index is 393. The van der Waals surface area contributed by atoms with E-state index in [2.05, 4.69) is 4.74 Å². The molecule has 0 spiro atoms. The van der Waals surface area contributed by atoms with Crippen LogP contribution in [0.1, 0.15) is 13.8 Å². The van der Waals surface area contributed by atoms with Crippen molar-refractivity contribution in [2.45, 2.75) is 30.5 Å². The lowest BCUT2D eigenvalue weighted by Gasteiger charge is -2.27. The van der Waals surface area contributed by atoms with Crippen molar-refractivity contribution in [2.24, 2.45) is 5.92 Å². The molecule has 0 aliphatic heterocycles. The monoisotopic (exact) mass is 322 g/mol. The predicted molar refractivity (Wildman–Crippen MR) is 59.2 cm³/mol. The van der Waals surface area contributed by atoms with E-state index in [9.17, 15) is 36.3 Å². The van der Waals surface area contributed by atoms with E-state index in [1.165, 1.54) is 0 Å². The van der Waals surface area contributed by atoms with Crippen molar-refractivity contribution in [3.8, 4) is 0 Å². The van der Waals surface area contributed by atoms with Crippen molar-refractivity contribution in [1.82, 2.24) is 0 Å². The van der Waals surface area contributed by atoms with E-state index >= 15 is 0 Å². The second kappa shape index (κ2) is 6.51. The third kappa shape index (κ3) is 4.73. The van der Waals surface area contributed by atoms with Crippen LogP contribution in [0.15, 0.2) is 0 Å². The van der Waals surface area contributed by atoms with Gasteiger partial charge in [0.2, 0.25) is 5.92 Å². The van der Waals surface area contributed by atoms with Gasteiger partial charge in [-0.2, -0.15) is 22.0 Å². The Balaban J connectivity index is 5.49. The Morgan fingerprint density at radius 3 is 1.65 bits per heavy atom. The van der Waals surface area contributed by atoms with Crippen molar-refractivity contribution in [3.05, 3.63) is 0 Å². The molecule has 20 heavy (non-hydrogen) atoms. The molecule has 0 saturated heterocycles. The normalized spacial score (nSPS) is 14.1. The molecule has 0 amide bonds. The van der Waals surface area contributed by atoms with E-state index in [0.717, 1.165) is 13.8 Å². The van der Waals surface area contributed by atoms with Crippen LogP contribution >= 0.6 is 11.8 Å². The number of halogens is 5. The van der Waals surface area contributed by atoms with Crippen molar-refractivity contribution in [3.63, 3.8) is 0 Å². The summed E-state index contributed by atoms with van der Waals surface area (Å²) in [5.74, 6) is -8.02. The highest BCUT2D eigenvalue weighted by Gasteiger charge is 2.62. The highest BCUT2D eigenvalue weighted by atomic mass is 32.2. The molecule has 0 N–H and O–H groups in total. The molecular formula is C10H11F5O4S. The average molecular weight is 322 g/mol. The standard InChI is InChI=1S/C10H11F5O4S/c1-4(16)6(5(2)17)20-10(14,15)7(8(18)19-3)9(11,12)13/h6-7H,1-3H3. The molecular weight excluding hydrogens is 311 g/mol. The number of carbonyl (C=O) groups is 3. The van der Waals surface area contributed by atoms with Gasteiger partial charge in [-0.3, -0.25) is 14.4 Å². The number of hydrogen-bond acceptors (Lipinski definition) is 5.